The number of esters is 1. The van der Waals surface area contributed by atoms with Gasteiger partial charge in [-0.05, 0) is 95.4 Å². The molecule has 4 aliphatic rings. The molecule has 0 amide bonds. The second-order valence-electron chi connectivity index (χ2n) is 9.72. The summed E-state index contributed by atoms with van der Waals surface area (Å²) in [5.41, 5.74) is 0. The van der Waals surface area contributed by atoms with E-state index in [1.54, 1.807) is 0 Å². The predicted octanol–water partition coefficient (Wildman–Crippen LogP) is 5.00. The SMILES string of the molecule is CC1CCC(OC(=O)C2C3CC[C@H](C[C@@H]2C2CCC(Cl)CC2)N3C)CC1. The van der Waals surface area contributed by atoms with Gasteiger partial charge in [-0.25, -0.2) is 0 Å². The highest BCUT2D eigenvalue weighted by atomic mass is 35.5. The Morgan fingerprint density at radius 2 is 1.65 bits per heavy atom. The van der Waals surface area contributed by atoms with Crippen molar-refractivity contribution in [3.8, 4) is 0 Å². The summed E-state index contributed by atoms with van der Waals surface area (Å²) in [7, 11) is 2.23. The fourth-order valence-electron chi connectivity index (χ4n) is 6.42. The molecule has 4 fully saturated rings. The van der Waals surface area contributed by atoms with Gasteiger partial charge in [-0.3, -0.25) is 9.69 Å². The van der Waals surface area contributed by atoms with Crippen LogP contribution in [-0.2, 0) is 9.53 Å². The van der Waals surface area contributed by atoms with E-state index >= 15 is 0 Å². The number of carbonyl (C=O) groups excluding carboxylic acids is 1. The third-order valence-electron chi connectivity index (χ3n) is 8.14. The predicted molar refractivity (Wildman–Crippen MR) is 105 cm³/mol. The number of ether oxygens (including phenoxy) is 1. The Morgan fingerprint density at radius 1 is 0.962 bits per heavy atom. The van der Waals surface area contributed by atoms with Gasteiger partial charge in [-0.15, -0.1) is 11.6 Å². The molecule has 148 valence electrons. The number of halogens is 1. The molecule has 2 heterocycles. The van der Waals surface area contributed by atoms with Gasteiger partial charge in [0.15, 0.2) is 0 Å². The average Bonchev–Trinajstić information content (AvgIpc) is 2.87. The molecule has 2 aliphatic heterocycles. The molecule has 4 heteroatoms. The molecule has 0 aromatic rings. The first-order valence-electron chi connectivity index (χ1n) is 11.1. The van der Waals surface area contributed by atoms with Gasteiger partial charge in [0, 0.05) is 17.5 Å². The van der Waals surface area contributed by atoms with Crippen LogP contribution in [0.2, 0.25) is 0 Å². The normalized spacial score (nSPS) is 46.9. The fourth-order valence-corrected chi connectivity index (χ4v) is 6.67. The van der Waals surface area contributed by atoms with Crippen LogP contribution in [0.5, 0.6) is 0 Å². The molecule has 3 nitrogen and oxygen atoms in total. The smallest absolute Gasteiger partial charge is 0.311 e. The lowest BCUT2D eigenvalue weighted by Gasteiger charge is -2.46. The molecule has 0 aromatic carbocycles. The molecular formula is C22H36ClNO2. The van der Waals surface area contributed by atoms with Crippen molar-refractivity contribution in [1.82, 2.24) is 4.90 Å². The minimum absolute atomic E-state index is 0.0926. The third kappa shape index (κ3) is 3.81. The minimum Gasteiger partial charge on any atom is -0.462 e. The third-order valence-corrected chi connectivity index (χ3v) is 8.58. The molecule has 0 spiro atoms. The summed E-state index contributed by atoms with van der Waals surface area (Å²) in [4.78, 5) is 15.8. The zero-order valence-corrected chi connectivity index (χ0v) is 17.3. The van der Waals surface area contributed by atoms with Crippen molar-refractivity contribution in [3.05, 3.63) is 0 Å². The maximum Gasteiger partial charge on any atom is 0.311 e. The van der Waals surface area contributed by atoms with E-state index in [0.29, 0.717) is 29.3 Å². The van der Waals surface area contributed by atoms with Gasteiger partial charge in [-0.2, -0.15) is 0 Å². The van der Waals surface area contributed by atoms with Crippen LogP contribution in [0.1, 0.15) is 77.6 Å². The summed E-state index contributed by atoms with van der Waals surface area (Å²) in [6.45, 7) is 2.32. The lowest BCUT2D eigenvalue weighted by molar-refractivity contribution is -0.164. The zero-order chi connectivity index (χ0) is 18.3. The highest BCUT2D eigenvalue weighted by Crippen LogP contribution is 2.48. The Kier molecular flexibility index (Phi) is 5.86. The number of piperidine rings is 1. The lowest BCUT2D eigenvalue weighted by atomic mass is 9.68. The van der Waals surface area contributed by atoms with E-state index in [1.165, 1.54) is 44.9 Å². The second-order valence-corrected chi connectivity index (χ2v) is 10.3. The van der Waals surface area contributed by atoms with Crippen molar-refractivity contribution in [3.63, 3.8) is 0 Å². The highest BCUT2D eigenvalue weighted by molar-refractivity contribution is 6.20. The number of hydrogen-bond donors (Lipinski definition) is 0. The Bertz CT molecular complexity index is 496. The van der Waals surface area contributed by atoms with Crippen molar-refractivity contribution in [2.75, 3.05) is 7.05 Å². The van der Waals surface area contributed by atoms with Crippen molar-refractivity contribution in [1.29, 1.82) is 0 Å². The van der Waals surface area contributed by atoms with E-state index < -0.39 is 0 Å². The zero-order valence-electron chi connectivity index (χ0n) is 16.5. The summed E-state index contributed by atoms with van der Waals surface area (Å²) in [5.74, 6) is 2.20. The molecule has 2 aliphatic carbocycles. The molecule has 2 unspecified atom stereocenters. The first-order valence-corrected chi connectivity index (χ1v) is 11.5. The van der Waals surface area contributed by atoms with Crippen LogP contribution in [0, 0.1) is 23.7 Å². The van der Waals surface area contributed by atoms with Gasteiger partial charge < -0.3 is 4.74 Å². The van der Waals surface area contributed by atoms with Crippen LogP contribution in [-0.4, -0.2) is 41.5 Å². The van der Waals surface area contributed by atoms with Gasteiger partial charge in [0.25, 0.3) is 0 Å². The average molecular weight is 382 g/mol. The fraction of sp³-hybridized carbons (Fsp3) is 0.955. The monoisotopic (exact) mass is 381 g/mol. The Morgan fingerprint density at radius 3 is 2.35 bits per heavy atom. The number of fused-ring (bicyclic) bond motifs is 2. The number of carbonyl (C=O) groups is 1. The largest absolute Gasteiger partial charge is 0.462 e. The summed E-state index contributed by atoms with van der Waals surface area (Å²) < 4.78 is 6.13. The van der Waals surface area contributed by atoms with E-state index in [2.05, 4.69) is 18.9 Å². The van der Waals surface area contributed by atoms with Crippen molar-refractivity contribution < 1.29 is 9.53 Å². The minimum atomic E-state index is 0.0926. The van der Waals surface area contributed by atoms with Crippen LogP contribution in [0.3, 0.4) is 0 Å². The van der Waals surface area contributed by atoms with E-state index in [0.717, 1.165) is 31.6 Å². The number of hydrogen-bond acceptors (Lipinski definition) is 3. The maximum absolute atomic E-state index is 13.3. The molecular weight excluding hydrogens is 346 g/mol. The Balaban J connectivity index is 1.46. The Hall–Kier alpha value is -0.280. The topological polar surface area (TPSA) is 29.5 Å². The molecule has 4 atom stereocenters. The van der Waals surface area contributed by atoms with Gasteiger partial charge in [-0.1, -0.05) is 6.92 Å². The van der Waals surface area contributed by atoms with Gasteiger partial charge in [0.1, 0.15) is 6.10 Å². The molecule has 0 radical (unpaired) electrons. The van der Waals surface area contributed by atoms with Crippen LogP contribution < -0.4 is 0 Å². The van der Waals surface area contributed by atoms with Gasteiger partial charge in [0.2, 0.25) is 0 Å². The highest BCUT2D eigenvalue weighted by Gasteiger charge is 2.51. The first-order chi connectivity index (χ1) is 12.5. The maximum atomic E-state index is 13.3. The van der Waals surface area contributed by atoms with Crippen molar-refractivity contribution in [2.24, 2.45) is 23.7 Å². The summed E-state index contributed by atoms with van der Waals surface area (Å²) >= 11 is 6.35. The second kappa shape index (κ2) is 7.99. The molecule has 2 saturated carbocycles. The van der Waals surface area contributed by atoms with Gasteiger partial charge >= 0.3 is 5.97 Å². The Labute approximate surface area is 164 Å². The van der Waals surface area contributed by atoms with Crippen LogP contribution in [0.15, 0.2) is 0 Å². The molecule has 4 rings (SSSR count). The molecule has 2 bridgehead atoms. The number of nitrogens with zero attached hydrogens (tertiary/aromatic N) is 1. The first kappa shape index (κ1) is 19.1. The molecule has 2 saturated heterocycles. The number of alkyl halides is 1. The summed E-state index contributed by atoms with van der Waals surface area (Å²) in [5, 5.41) is 0.351. The van der Waals surface area contributed by atoms with Crippen molar-refractivity contribution >= 4 is 17.6 Å². The van der Waals surface area contributed by atoms with Gasteiger partial charge in [0.05, 0.1) is 5.92 Å². The van der Waals surface area contributed by atoms with Crippen LogP contribution in [0.25, 0.3) is 0 Å². The van der Waals surface area contributed by atoms with E-state index in [9.17, 15) is 4.79 Å². The van der Waals surface area contributed by atoms with Crippen LogP contribution >= 0.6 is 11.6 Å². The van der Waals surface area contributed by atoms with Crippen molar-refractivity contribution in [2.45, 2.75) is 101 Å². The molecule has 0 aromatic heterocycles. The summed E-state index contributed by atoms with van der Waals surface area (Å²) in [6, 6.07) is 1.08. The van der Waals surface area contributed by atoms with E-state index in [-0.39, 0.29) is 18.0 Å². The van der Waals surface area contributed by atoms with E-state index in [1.807, 2.05) is 0 Å². The number of rotatable bonds is 3. The lowest BCUT2D eigenvalue weighted by Crippen LogP contribution is -2.52. The quantitative estimate of drug-likeness (QED) is 0.508. The summed E-state index contributed by atoms with van der Waals surface area (Å²) in [6.07, 6.45) is 13.0. The molecule has 26 heavy (non-hydrogen) atoms. The standard InChI is InChI=1S/C22H36ClNO2/c1-14-3-10-18(11-4-14)26-22(25)21-19(15-5-7-16(23)8-6-15)13-17-9-12-20(21)24(17)2/h14-21H,3-13H2,1-2H3/t14?,15?,16?,17-,18?,19-,20?,21?/m1/s1. The van der Waals surface area contributed by atoms with E-state index in [4.69, 9.17) is 16.3 Å². The van der Waals surface area contributed by atoms with Crippen LogP contribution in [0.4, 0.5) is 0 Å². The molecule has 0 N–H and O–H groups in total.